The predicted octanol–water partition coefficient (Wildman–Crippen LogP) is 4.85. The first kappa shape index (κ1) is 57.4. The number of benzene rings is 1. The zero-order valence-corrected chi connectivity index (χ0v) is 37.2. The molecule has 2 saturated heterocycles. The monoisotopic (exact) mass is 851 g/mol. The van der Waals surface area contributed by atoms with Crippen LogP contribution in [-0.2, 0) is 52.9 Å². The Morgan fingerprint density at radius 3 is 1.49 bits per heavy atom. The van der Waals surface area contributed by atoms with Gasteiger partial charge in [0.2, 0.25) is 35.4 Å². The van der Waals surface area contributed by atoms with Crippen LogP contribution in [0.4, 0.5) is 0 Å². The van der Waals surface area contributed by atoms with Crippen LogP contribution in [0.5, 0.6) is 0 Å². The number of ether oxygens (including phenoxy) is 1. The van der Waals surface area contributed by atoms with Crippen LogP contribution in [0, 0.1) is 0 Å². The van der Waals surface area contributed by atoms with Gasteiger partial charge < -0.3 is 35.4 Å². The third kappa shape index (κ3) is 33.8. The van der Waals surface area contributed by atoms with E-state index in [2.05, 4.69) is 38.1 Å². The maximum atomic E-state index is 10.7. The van der Waals surface area contributed by atoms with Gasteiger partial charge in [-0.15, -0.1) is 0 Å². The van der Waals surface area contributed by atoms with Crippen molar-refractivity contribution in [2.75, 3.05) is 65.6 Å². The fourth-order valence-corrected chi connectivity index (χ4v) is 5.25. The first-order valence-corrected chi connectivity index (χ1v) is 20.6. The minimum absolute atomic E-state index is 0. The summed E-state index contributed by atoms with van der Waals surface area (Å²) in [5.41, 5.74) is 3.33. The van der Waals surface area contributed by atoms with Gasteiger partial charge in [-0.1, -0.05) is 43.8 Å². The van der Waals surface area contributed by atoms with Crippen molar-refractivity contribution in [3.05, 3.63) is 96.1 Å². The number of rotatable bonds is 10. The lowest BCUT2D eigenvalue weighted by Crippen LogP contribution is -2.39. The van der Waals surface area contributed by atoms with E-state index < -0.39 is 0 Å². The van der Waals surface area contributed by atoms with Gasteiger partial charge in [-0.25, -0.2) is 0 Å². The number of carbonyl (C=O) groups is 6. The second-order valence-corrected chi connectivity index (χ2v) is 13.6. The Labute approximate surface area is 365 Å². The van der Waals surface area contributed by atoms with Crippen molar-refractivity contribution < 1.29 is 33.5 Å². The molecule has 61 heavy (non-hydrogen) atoms. The third-order valence-electron chi connectivity index (χ3n) is 8.62. The van der Waals surface area contributed by atoms with Crippen molar-refractivity contribution in [3.63, 3.8) is 0 Å². The molecule has 0 spiro atoms. The van der Waals surface area contributed by atoms with E-state index in [1.165, 1.54) is 39.2 Å². The molecule has 3 N–H and O–H groups in total. The van der Waals surface area contributed by atoms with Crippen LogP contribution in [0.3, 0.4) is 0 Å². The van der Waals surface area contributed by atoms with Gasteiger partial charge in [0, 0.05) is 131 Å². The van der Waals surface area contributed by atoms with Crippen LogP contribution in [0.1, 0.15) is 92.5 Å². The lowest BCUT2D eigenvalue weighted by atomic mass is 10.1. The average Bonchev–Trinajstić information content (AvgIpc) is 3.79. The van der Waals surface area contributed by atoms with E-state index in [1.807, 2.05) is 67.3 Å². The fourth-order valence-electron chi connectivity index (χ4n) is 5.25. The molecule has 15 nitrogen and oxygen atoms in total. The number of aromatic nitrogens is 2. The van der Waals surface area contributed by atoms with Gasteiger partial charge in [0.1, 0.15) is 0 Å². The van der Waals surface area contributed by atoms with Crippen molar-refractivity contribution in [1.29, 1.82) is 0 Å². The Hall–Kier alpha value is -5.70. The molecule has 2 aliphatic rings. The molecule has 1 aromatic carbocycles. The number of amides is 6. The highest BCUT2D eigenvalue weighted by atomic mass is 16.5. The van der Waals surface area contributed by atoms with E-state index in [4.69, 9.17) is 4.74 Å². The lowest BCUT2D eigenvalue weighted by Gasteiger charge is -2.25. The number of nitrogens with one attached hydrogen (secondary N) is 3. The molecule has 0 radical (unpaired) electrons. The number of hydrogen-bond acceptors (Lipinski definition) is 9. The van der Waals surface area contributed by atoms with Crippen molar-refractivity contribution in [1.82, 2.24) is 40.6 Å². The van der Waals surface area contributed by atoms with Gasteiger partial charge >= 0.3 is 0 Å². The predicted molar refractivity (Wildman–Crippen MR) is 242 cm³/mol. The Bertz CT molecular complexity index is 1530. The van der Waals surface area contributed by atoms with Crippen LogP contribution >= 0.6 is 0 Å². The summed E-state index contributed by atoms with van der Waals surface area (Å²) in [7, 11) is 0. The summed E-state index contributed by atoms with van der Waals surface area (Å²) in [5.74, 6) is 0.564. The Balaban J connectivity index is 0. The maximum absolute atomic E-state index is 10.7. The van der Waals surface area contributed by atoms with Crippen LogP contribution in [-0.4, -0.2) is 126 Å². The van der Waals surface area contributed by atoms with Gasteiger partial charge in [-0.05, 0) is 68.5 Å². The summed E-state index contributed by atoms with van der Waals surface area (Å²) in [6, 6.07) is 19.6. The van der Waals surface area contributed by atoms with Gasteiger partial charge in [0.25, 0.3) is 0 Å². The largest absolute Gasteiger partial charge is 0.378 e. The van der Waals surface area contributed by atoms with Gasteiger partial charge in [-0.3, -0.25) is 38.7 Å². The number of nitrogens with zero attached hydrogens (tertiary/aromatic N) is 5. The zero-order chi connectivity index (χ0) is 45.0. The molecule has 15 heteroatoms. The highest BCUT2D eigenvalue weighted by Crippen LogP contribution is 2.06. The van der Waals surface area contributed by atoms with Crippen molar-refractivity contribution in [3.8, 4) is 0 Å². The van der Waals surface area contributed by atoms with Crippen molar-refractivity contribution in [2.45, 2.75) is 95.0 Å². The maximum Gasteiger partial charge on any atom is 0.219 e. The second kappa shape index (κ2) is 37.3. The normalized spacial score (nSPS) is 12.0. The standard InChI is InChI=1S/C10H13NO.C9H12N2O.C8H10N2O.C6H11NO2.C6H11NO.C6H13NO.CH4/c1-9(12)11-8-7-10-5-3-2-4-6-10;1-8(12)10-7-5-9-4-2-3-6-11-9;1-7(11)10-6-8-2-4-9-5-3-8;1-6(8)7-2-4-9-5-3-7;1-6(8)7-4-2-3-5-7;1-4-7(5-2)6(3)8;/h2-6H,7-8H2,1H3,(H,11,12);2-4,6H,5,7H2,1H3,(H,10,12);2-5H,6H2,1H3,(H,10,11);2-5H2,1H3;2-5H2,1H3;4-5H2,1-3H3;1H4. The molecule has 0 unspecified atom stereocenters. The summed E-state index contributed by atoms with van der Waals surface area (Å²) in [6.45, 7) is 21.8. The second-order valence-electron chi connectivity index (χ2n) is 13.6. The van der Waals surface area contributed by atoms with Gasteiger partial charge in [0.15, 0.2) is 0 Å². The molecular weight excluding hydrogens is 777 g/mol. The van der Waals surface area contributed by atoms with Crippen LogP contribution in [0.2, 0.25) is 0 Å². The highest BCUT2D eigenvalue weighted by molar-refractivity contribution is 5.74. The van der Waals surface area contributed by atoms with Crippen molar-refractivity contribution >= 4 is 35.4 Å². The molecular formula is C46H74N8O7. The van der Waals surface area contributed by atoms with Crippen LogP contribution in [0.25, 0.3) is 0 Å². The first-order chi connectivity index (χ1) is 28.7. The number of pyridine rings is 2. The quantitative estimate of drug-likeness (QED) is 0.257. The number of morpholine rings is 1. The minimum atomic E-state index is -0.0122. The lowest BCUT2D eigenvalue weighted by molar-refractivity contribution is -0.133. The highest BCUT2D eigenvalue weighted by Gasteiger charge is 2.13. The molecule has 2 aliphatic heterocycles. The SMILES string of the molecule is C.CC(=O)N1CCCC1.CC(=O)N1CCOCC1.CC(=O)NCCc1ccccc1.CC(=O)NCCc1ccccn1.CC(=O)NCc1ccncc1.CCN(CC)C(C)=O. The summed E-state index contributed by atoms with van der Waals surface area (Å²) in [4.78, 5) is 76.7. The fraction of sp³-hybridized carbons (Fsp3) is 0.522. The number of likely N-dealkylation sites (tertiary alicyclic amines) is 1. The molecule has 3 aromatic rings. The molecule has 0 aliphatic carbocycles. The molecule has 0 saturated carbocycles. The number of carbonyl (C=O) groups excluding carboxylic acids is 6. The van der Waals surface area contributed by atoms with E-state index in [1.54, 1.807) is 49.2 Å². The van der Waals surface area contributed by atoms with Crippen molar-refractivity contribution in [2.24, 2.45) is 0 Å². The zero-order valence-electron chi connectivity index (χ0n) is 37.2. The molecule has 5 rings (SSSR count). The third-order valence-corrected chi connectivity index (χ3v) is 8.62. The van der Waals surface area contributed by atoms with E-state index in [-0.39, 0.29) is 42.9 Å². The van der Waals surface area contributed by atoms with E-state index >= 15 is 0 Å². The van der Waals surface area contributed by atoms with Gasteiger partial charge in [-0.2, -0.15) is 0 Å². The Morgan fingerprint density at radius 1 is 0.607 bits per heavy atom. The Kier molecular flexibility index (Phi) is 35.1. The first-order valence-electron chi connectivity index (χ1n) is 20.6. The van der Waals surface area contributed by atoms with E-state index in [0.717, 1.165) is 69.9 Å². The summed E-state index contributed by atoms with van der Waals surface area (Å²) in [6.07, 6.45) is 9.25. The smallest absolute Gasteiger partial charge is 0.219 e. The molecule has 0 bridgehead atoms. The molecule has 2 aromatic heterocycles. The Morgan fingerprint density at radius 2 is 1.10 bits per heavy atom. The summed E-state index contributed by atoms with van der Waals surface area (Å²) < 4.78 is 5.06. The molecule has 2 fully saturated rings. The molecule has 0 atom stereocenters. The number of hydrogen-bond donors (Lipinski definition) is 3. The molecule has 340 valence electrons. The summed E-state index contributed by atoms with van der Waals surface area (Å²) in [5, 5.41) is 8.17. The average molecular weight is 851 g/mol. The van der Waals surface area contributed by atoms with E-state index in [0.29, 0.717) is 26.3 Å². The van der Waals surface area contributed by atoms with E-state index in [9.17, 15) is 28.8 Å². The van der Waals surface area contributed by atoms with Gasteiger partial charge in [0.05, 0.1) is 13.2 Å². The minimum Gasteiger partial charge on any atom is -0.378 e. The molecule has 4 heterocycles. The van der Waals surface area contributed by atoms with Crippen LogP contribution in [0.15, 0.2) is 79.3 Å². The summed E-state index contributed by atoms with van der Waals surface area (Å²) >= 11 is 0. The van der Waals surface area contributed by atoms with Crippen LogP contribution < -0.4 is 16.0 Å². The topological polar surface area (TPSA) is 183 Å². The molecule has 6 amide bonds.